The Labute approximate surface area is 143 Å². The molecule has 0 amide bonds. The van der Waals surface area contributed by atoms with Crippen molar-refractivity contribution in [3.8, 4) is 17.2 Å². The van der Waals surface area contributed by atoms with E-state index in [0.29, 0.717) is 6.61 Å². The van der Waals surface area contributed by atoms with Gasteiger partial charge >= 0.3 is 0 Å². The van der Waals surface area contributed by atoms with Gasteiger partial charge in [-0.05, 0) is 68.8 Å². The monoisotopic (exact) mass is 328 g/mol. The summed E-state index contributed by atoms with van der Waals surface area (Å²) in [6, 6.07) is 13.3. The van der Waals surface area contributed by atoms with Crippen LogP contribution in [-0.2, 0) is 0 Å². The predicted octanol–water partition coefficient (Wildman–Crippen LogP) is 4.33. The van der Waals surface area contributed by atoms with Crippen LogP contribution in [0.5, 0.6) is 17.2 Å². The molecule has 0 radical (unpaired) electrons. The standard InChI is InChI=1S/C19H24N2O3/c1-5-23-19-12-15(6-11-18(19)24-14(2)3)13-20-21-16-7-9-17(22-4)10-8-16/h6-14,21H,5H2,1-4H3/b20-13+. The van der Waals surface area contributed by atoms with Crippen LogP contribution in [0, 0.1) is 0 Å². The summed E-state index contributed by atoms with van der Waals surface area (Å²) in [6.07, 6.45) is 1.84. The number of anilines is 1. The van der Waals surface area contributed by atoms with E-state index < -0.39 is 0 Å². The van der Waals surface area contributed by atoms with Gasteiger partial charge < -0.3 is 14.2 Å². The van der Waals surface area contributed by atoms with E-state index in [1.54, 1.807) is 13.3 Å². The molecule has 0 saturated carbocycles. The Balaban J connectivity index is 2.06. The molecule has 0 fully saturated rings. The van der Waals surface area contributed by atoms with E-state index in [4.69, 9.17) is 14.2 Å². The van der Waals surface area contributed by atoms with Crippen molar-refractivity contribution in [2.24, 2.45) is 5.10 Å². The van der Waals surface area contributed by atoms with Crippen molar-refractivity contribution >= 4 is 11.9 Å². The molecule has 0 heterocycles. The maximum atomic E-state index is 5.75. The zero-order valence-electron chi connectivity index (χ0n) is 14.6. The zero-order valence-corrected chi connectivity index (χ0v) is 14.6. The quantitative estimate of drug-likeness (QED) is 0.579. The van der Waals surface area contributed by atoms with Crippen LogP contribution in [0.1, 0.15) is 26.3 Å². The van der Waals surface area contributed by atoms with Crippen LogP contribution >= 0.6 is 0 Å². The lowest BCUT2D eigenvalue weighted by Crippen LogP contribution is -2.07. The molecule has 5 heteroatoms. The largest absolute Gasteiger partial charge is 0.497 e. The summed E-state index contributed by atoms with van der Waals surface area (Å²) in [4.78, 5) is 0. The fourth-order valence-electron chi connectivity index (χ4n) is 2.07. The number of rotatable bonds is 8. The highest BCUT2D eigenvalue weighted by atomic mass is 16.5. The third-order valence-electron chi connectivity index (χ3n) is 3.13. The molecule has 0 spiro atoms. The van der Waals surface area contributed by atoms with Gasteiger partial charge in [0.15, 0.2) is 11.5 Å². The van der Waals surface area contributed by atoms with Crippen LogP contribution in [-0.4, -0.2) is 26.0 Å². The van der Waals surface area contributed by atoms with Gasteiger partial charge in [0, 0.05) is 0 Å². The van der Waals surface area contributed by atoms with Gasteiger partial charge in [-0.2, -0.15) is 5.10 Å². The van der Waals surface area contributed by atoms with E-state index in [1.165, 1.54) is 0 Å². The van der Waals surface area contributed by atoms with E-state index >= 15 is 0 Å². The normalized spacial score (nSPS) is 10.9. The first-order valence-corrected chi connectivity index (χ1v) is 7.99. The molecule has 5 nitrogen and oxygen atoms in total. The lowest BCUT2D eigenvalue weighted by atomic mass is 10.2. The van der Waals surface area contributed by atoms with Crippen molar-refractivity contribution in [1.29, 1.82) is 0 Å². The Morgan fingerprint density at radius 2 is 1.83 bits per heavy atom. The molecular weight excluding hydrogens is 304 g/mol. The highest BCUT2D eigenvalue weighted by molar-refractivity contribution is 5.81. The van der Waals surface area contributed by atoms with Crippen LogP contribution in [0.15, 0.2) is 47.6 Å². The molecule has 0 aliphatic rings. The van der Waals surface area contributed by atoms with Gasteiger partial charge in [-0.25, -0.2) is 0 Å². The topological polar surface area (TPSA) is 52.1 Å². The second-order valence-corrected chi connectivity index (χ2v) is 5.40. The summed E-state index contributed by atoms with van der Waals surface area (Å²) in [6.45, 7) is 6.51. The van der Waals surface area contributed by atoms with Gasteiger partial charge in [-0.1, -0.05) is 0 Å². The van der Waals surface area contributed by atoms with Crippen molar-refractivity contribution in [2.45, 2.75) is 26.9 Å². The first-order valence-electron chi connectivity index (χ1n) is 7.99. The number of methoxy groups -OCH3 is 1. The van der Waals surface area contributed by atoms with E-state index in [1.807, 2.05) is 63.2 Å². The summed E-state index contributed by atoms with van der Waals surface area (Å²) in [7, 11) is 1.64. The molecule has 1 N–H and O–H groups in total. The minimum absolute atomic E-state index is 0.0976. The zero-order chi connectivity index (χ0) is 17.4. The summed E-state index contributed by atoms with van der Waals surface area (Å²) in [5, 5.41) is 4.25. The molecule has 0 atom stereocenters. The van der Waals surface area contributed by atoms with E-state index in [2.05, 4.69) is 10.5 Å². The Morgan fingerprint density at radius 3 is 2.46 bits per heavy atom. The summed E-state index contributed by atoms with van der Waals surface area (Å²) in [5.74, 6) is 2.28. The number of hydrogen-bond acceptors (Lipinski definition) is 5. The van der Waals surface area contributed by atoms with Crippen molar-refractivity contribution < 1.29 is 14.2 Å². The molecule has 0 bridgehead atoms. The van der Waals surface area contributed by atoms with Crippen molar-refractivity contribution in [3.05, 3.63) is 48.0 Å². The van der Waals surface area contributed by atoms with E-state index in [0.717, 1.165) is 28.5 Å². The average molecular weight is 328 g/mol. The molecular formula is C19H24N2O3. The lowest BCUT2D eigenvalue weighted by Gasteiger charge is -2.14. The molecule has 0 saturated heterocycles. The van der Waals surface area contributed by atoms with Gasteiger partial charge in [-0.3, -0.25) is 5.43 Å². The summed E-state index contributed by atoms with van der Waals surface area (Å²) < 4.78 is 16.5. The number of nitrogens with zero attached hydrogens (tertiary/aromatic N) is 1. The van der Waals surface area contributed by atoms with Gasteiger partial charge in [-0.15, -0.1) is 0 Å². The van der Waals surface area contributed by atoms with Gasteiger partial charge in [0.05, 0.1) is 31.7 Å². The Bertz CT molecular complexity index is 667. The van der Waals surface area contributed by atoms with Gasteiger partial charge in [0.1, 0.15) is 5.75 Å². The summed E-state index contributed by atoms with van der Waals surface area (Å²) >= 11 is 0. The van der Waals surface area contributed by atoms with Crippen LogP contribution in [0.2, 0.25) is 0 Å². The molecule has 0 aromatic heterocycles. The Hall–Kier alpha value is -2.69. The first kappa shape index (κ1) is 17.7. The van der Waals surface area contributed by atoms with E-state index in [-0.39, 0.29) is 6.10 Å². The SMILES string of the molecule is CCOc1cc(/C=N/Nc2ccc(OC)cc2)ccc1OC(C)C. The second kappa shape index (κ2) is 8.82. The number of benzene rings is 2. The molecule has 0 unspecified atom stereocenters. The molecule has 24 heavy (non-hydrogen) atoms. The fraction of sp³-hybridized carbons (Fsp3) is 0.316. The Kier molecular flexibility index (Phi) is 6.49. The minimum Gasteiger partial charge on any atom is -0.497 e. The summed E-state index contributed by atoms with van der Waals surface area (Å²) in [5.41, 5.74) is 4.80. The highest BCUT2D eigenvalue weighted by Gasteiger charge is 2.07. The van der Waals surface area contributed by atoms with Gasteiger partial charge in [0.2, 0.25) is 0 Å². The fourth-order valence-corrected chi connectivity index (χ4v) is 2.07. The molecule has 2 rings (SSSR count). The minimum atomic E-state index is 0.0976. The van der Waals surface area contributed by atoms with Crippen molar-refractivity contribution in [1.82, 2.24) is 0 Å². The highest BCUT2D eigenvalue weighted by Crippen LogP contribution is 2.29. The molecule has 128 valence electrons. The van der Waals surface area contributed by atoms with Crippen LogP contribution in [0.3, 0.4) is 0 Å². The number of hydrogen-bond donors (Lipinski definition) is 1. The number of ether oxygens (including phenoxy) is 3. The third kappa shape index (κ3) is 5.19. The molecule has 2 aromatic carbocycles. The number of hydrazone groups is 1. The predicted molar refractivity (Wildman–Crippen MR) is 97.6 cm³/mol. The van der Waals surface area contributed by atoms with E-state index in [9.17, 15) is 0 Å². The van der Waals surface area contributed by atoms with Crippen LogP contribution in [0.4, 0.5) is 5.69 Å². The van der Waals surface area contributed by atoms with Crippen molar-refractivity contribution in [2.75, 3.05) is 19.1 Å². The maximum absolute atomic E-state index is 5.75. The molecule has 0 aliphatic heterocycles. The third-order valence-corrected chi connectivity index (χ3v) is 3.13. The average Bonchev–Trinajstić information content (AvgIpc) is 2.57. The first-order chi connectivity index (χ1) is 11.6. The smallest absolute Gasteiger partial charge is 0.161 e. The van der Waals surface area contributed by atoms with Crippen LogP contribution < -0.4 is 19.6 Å². The molecule has 0 aliphatic carbocycles. The Morgan fingerprint density at radius 1 is 1.08 bits per heavy atom. The second-order valence-electron chi connectivity index (χ2n) is 5.40. The lowest BCUT2D eigenvalue weighted by molar-refractivity contribution is 0.224. The van der Waals surface area contributed by atoms with Crippen molar-refractivity contribution in [3.63, 3.8) is 0 Å². The number of nitrogens with one attached hydrogen (secondary N) is 1. The van der Waals surface area contributed by atoms with Gasteiger partial charge in [0.25, 0.3) is 0 Å². The van der Waals surface area contributed by atoms with Crippen LogP contribution in [0.25, 0.3) is 0 Å². The molecule has 2 aromatic rings. The maximum Gasteiger partial charge on any atom is 0.161 e.